The highest BCUT2D eigenvalue weighted by Gasteiger charge is 2.92. The molecule has 0 aromatic heterocycles. The van der Waals surface area contributed by atoms with Gasteiger partial charge in [-0.3, -0.25) is 4.79 Å². The number of hydrogen-bond donors (Lipinski definition) is 0. The molecule has 0 aromatic rings. The molecule has 0 saturated heterocycles. The summed E-state index contributed by atoms with van der Waals surface area (Å²) in [6.45, 7) is 7.72. The summed E-state index contributed by atoms with van der Waals surface area (Å²) in [6, 6.07) is 0. The van der Waals surface area contributed by atoms with Crippen LogP contribution in [-0.2, 0) is 19.1 Å². The normalized spacial score (nSPS) is 52.3. The van der Waals surface area contributed by atoms with Crippen LogP contribution in [0.4, 0.5) is 0 Å². The molecule has 0 amide bonds. The lowest BCUT2D eigenvalue weighted by Gasteiger charge is -2.63. The lowest BCUT2D eigenvalue weighted by molar-refractivity contribution is -0.236. The number of carbonyl (C=O) groups excluding carboxylic acids is 2. The zero-order chi connectivity index (χ0) is 20.9. The first-order valence-corrected chi connectivity index (χ1v) is 12.4. The summed E-state index contributed by atoms with van der Waals surface area (Å²) in [4.78, 5) is 25.7. The maximum Gasteiger partial charge on any atom is 0.333 e. The fourth-order valence-corrected chi connectivity index (χ4v) is 8.54. The molecule has 7 saturated carbocycles. The Labute approximate surface area is 180 Å². The number of rotatable bonds is 5. The molecule has 2 atom stereocenters. The van der Waals surface area contributed by atoms with E-state index >= 15 is 0 Å². The van der Waals surface area contributed by atoms with Gasteiger partial charge in [-0.25, -0.2) is 4.79 Å². The first-order valence-electron chi connectivity index (χ1n) is 12.4. The van der Waals surface area contributed by atoms with Crippen molar-refractivity contribution < 1.29 is 19.1 Å². The van der Waals surface area contributed by atoms with Crippen LogP contribution in [0.1, 0.15) is 84.5 Å². The van der Waals surface area contributed by atoms with Crippen LogP contribution >= 0.6 is 0 Å². The second kappa shape index (κ2) is 6.13. The monoisotopic (exact) mass is 412 g/mol. The Morgan fingerprint density at radius 2 is 1.50 bits per heavy atom. The minimum absolute atomic E-state index is 0.0530. The molecule has 2 unspecified atom stereocenters. The van der Waals surface area contributed by atoms with Gasteiger partial charge in [-0.1, -0.05) is 26.3 Å². The Morgan fingerprint density at radius 1 is 0.867 bits per heavy atom. The molecule has 30 heavy (non-hydrogen) atoms. The van der Waals surface area contributed by atoms with Crippen molar-refractivity contribution >= 4 is 11.9 Å². The third-order valence-corrected chi connectivity index (χ3v) is 10.1. The molecule has 4 bridgehead atoms. The van der Waals surface area contributed by atoms with Gasteiger partial charge in [0.05, 0.1) is 0 Å². The maximum atomic E-state index is 13.6. The molecule has 7 aliphatic rings. The lowest BCUT2D eigenvalue weighted by atomic mass is 9.46. The lowest BCUT2D eigenvalue weighted by Crippen LogP contribution is -2.64. The van der Waals surface area contributed by atoms with Crippen molar-refractivity contribution in [2.75, 3.05) is 0 Å². The molecule has 7 aliphatic carbocycles. The molecule has 7 fully saturated rings. The van der Waals surface area contributed by atoms with Gasteiger partial charge >= 0.3 is 11.9 Å². The molecule has 0 aromatic carbocycles. The van der Waals surface area contributed by atoms with Gasteiger partial charge in [-0.05, 0) is 87.4 Å². The Hall–Kier alpha value is -1.32. The first kappa shape index (κ1) is 19.4. The van der Waals surface area contributed by atoms with E-state index in [-0.39, 0.29) is 17.5 Å². The summed E-state index contributed by atoms with van der Waals surface area (Å²) in [5.41, 5.74) is -0.963. The summed E-state index contributed by atoms with van der Waals surface area (Å²) in [5, 5.41) is 0. The van der Waals surface area contributed by atoms with Crippen molar-refractivity contribution in [2.24, 2.45) is 40.9 Å². The van der Waals surface area contributed by atoms with E-state index < -0.39 is 11.0 Å². The van der Waals surface area contributed by atoms with Gasteiger partial charge in [-0.15, -0.1) is 0 Å². The summed E-state index contributed by atoms with van der Waals surface area (Å²) in [6.07, 6.45) is 12.7. The van der Waals surface area contributed by atoms with E-state index in [2.05, 4.69) is 13.5 Å². The van der Waals surface area contributed by atoms with Gasteiger partial charge in [0.2, 0.25) is 0 Å². The van der Waals surface area contributed by atoms with Crippen LogP contribution < -0.4 is 0 Å². The Bertz CT molecular complexity index is 776. The molecule has 4 heteroatoms. The number of fused-ring (bicyclic) bond motifs is 1. The van der Waals surface area contributed by atoms with Crippen LogP contribution in [0.3, 0.4) is 0 Å². The van der Waals surface area contributed by atoms with Gasteiger partial charge in [0.25, 0.3) is 0 Å². The molecule has 164 valence electrons. The van der Waals surface area contributed by atoms with Crippen molar-refractivity contribution in [3.63, 3.8) is 0 Å². The number of hydrogen-bond acceptors (Lipinski definition) is 4. The van der Waals surface area contributed by atoms with Gasteiger partial charge in [0.1, 0.15) is 16.6 Å². The molecular formula is C26H36O4. The molecular weight excluding hydrogens is 376 g/mol. The van der Waals surface area contributed by atoms with E-state index in [1.54, 1.807) is 6.92 Å². The minimum Gasteiger partial charge on any atom is -0.458 e. The van der Waals surface area contributed by atoms with Crippen molar-refractivity contribution in [3.05, 3.63) is 12.2 Å². The molecule has 7 rings (SSSR count). The highest BCUT2D eigenvalue weighted by atomic mass is 16.6. The topological polar surface area (TPSA) is 52.6 Å². The second-order valence-electron chi connectivity index (χ2n) is 12.1. The number of esters is 2. The van der Waals surface area contributed by atoms with E-state index in [4.69, 9.17) is 9.47 Å². The van der Waals surface area contributed by atoms with Crippen molar-refractivity contribution in [1.29, 1.82) is 0 Å². The summed E-state index contributed by atoms with van der Waals surface area (Å²) in [5.74, 6) is 3.64. The highest BCUT2D eigenvalue weighted by Crippen LogP contribution is 2.82. The third-order valence-electron chi connectivity index (χ3n) is 10.1. The molecule has 0 spiro atoms. The van der Waals surface area contributed by atoms with Crippen LogP contribution in [-0.4, -0.2) is 23.1 Å². The second-order valence-corrected chi connectivity index (χ2v) is 12.1. The Morgan fingerprint density at radius 3 is 2.07 bits per heavy atom. The average Bonchev–Trinajstić information content (AvgIpc) is 3.51. The van der Waals surface area contributed by atoms with Crippen molar-refractivity contribution in [1.82, 2.24) is 0 Å². The molecule has 0 heterocycles. The smallest absolute Gasteiger partial charge is 0.333 e. The molecule has 0 N–H and O–H groups in total. The quantitative estimate of drug-likeness (QED) is 0.460. The Kier molecular flexibility index (Phi) is 3.96. The third kappa shape index (κ3) is 2.51. The van der Waals surface area contributed by atoms with Gasteiger partial charge in [0.15, 0.2) is 0 Å². The predicted molar refractivity (Wildman–Crippen MR) is 112 cm³/mol. The zero-order valence-corrected chi connectivity index (χ0v) is 18.6. The molecule has 4 nitrogen and oxygen atoms in total. The first-order chi connectivity index (χ1) is 14.3. The maximum absolute atomic E-state index is 13.6. The van der Waals surface area contributed by atoms with Gasteiger partial charge < -0.3 is 9.47 Å². The van der Waals surface area contributed by atoms with Crippen LogP contribution in [0.15, 0.2) is 12.2 Å². The fourth-order valence-electron chi connectivity index (χ4n) is 8.54. The van der Waals surface area contributed by atoms with Crippen LogP contribution in [0.2, 0.25) is 0 Å². The van der Waals surface area contributed by atoms with E-state index in [0.717, 1.165) is 17.8 Å². The van der Waals surface area contributed by atoms with Crippen LogP contribution in [0.25, 0.3) is 0 Å². The molecule has 0 aliphatic heterocycles. The Balaban J connectivity index is 1.27. The van der Waals surface area contributed by atoms with E-state index in [0.29, 0.717) is 36.2 Å². The zero-order valence-electron chi connectivity index (χ0n) is 18.6. The number of ether oxygens (including phenoxy) is 2. The van der Waals surface area contributed by atoms with Gasteiger partial charge in [0, 0.05) is 18.4 Å². The summed E-state index contributed by atoms with van der Waals surface area (Å²) < 4.78 is 12.5. The minimum atomic E-state index is -0.576. The van der Waals surface area contributed by atoms with E-state index in [1.807, 2.05) is 0 Å². The van der Waals surface area contributed by atoms with Crippen LogP contribution in [0, 0.1) is 40.9 Å². The standard InChI is InChI=1S/C26H36O4/c1-15(2)22(27)29-25-13-24(25,14-25)23(28)30-26(19-6-4-5-16(3)7-19)20-9-17-8-18(11-20)12-21(26)10-17/h16-21H,1,4-14H2,2-3H3. The summed E-state index contributed by atoms with van der Waals surface area (Å²) in [7, 11) is 0. The summed E-state index contributed by atoms with van der Waals surface area (Å²) >= 11 is 0. The van der Waals surface area contributed by atoms with Crippen molar-refractivity contribution in [2.45, 2.75) is 95.7 Å². The average molecular weight is 413 g/mol. The number of carbonyl (C=O) groups is 2. The van der Waals surface area contributed by atoms with E-state index in [9.17, 15) is 9.59 Å². The SMILES string of the molecule is C=C(C)C(=O)OC12CC1(C(=O)OC1(C3CCCC(C)C3)C3CC4CC(C3)CC1C4)C2. The van der Waals surface area contributed by atoms with Crippen LogP contribution in [0.5, 0.6) is 0 Å². The molecule has 0 radical (unpaired) electrons. The van der Waals surface area contributed by atoms with Gasteiger partial charge in [-0.2, -0.15) is 0 Å². The highest BCUT2D eigenvalue weighted by molar-refractivity contribution is 5.93. The van der Waals surface area contributed by atoms with E-state index in [1.165, 1.54) is 57.8 Å². The fraction of sp³-hybridized carbons (Fsp3) is 0.846. The largest absolute Gasteiger partial charge is 0.458 e. The van der Waals surface area contributed by atoms with Crippen molar-refractivity contribution in [3.8, 4) is 0 Å². The predicted octanol–water partition coefficient (Wildman–Crippen LogP) is 5.20.